The summed E-state index contributed by atoms with van der Waals surface area (Å²) >= 11 is 0. The second-order valence-electron chi connectivity index (χ2n) is 5.07. The molecule has 0 heterocycles. The highest BCUT2D eigenvalue weighted by atomic mass is 16.5. The van der Waals surface area contributed by atoms with Crippen LogP contribution >= 0.6 is 0 Å². The number of hydrogen-bond donors (Lipinski definition) is 1. The normalized spacial score (nSPS) is 16.1. The lowest BCUT2D eigenvalue weighted by atomic mass is 10.1. The van der Waals surface area contributed by atoms with Crippen LogP contribution in [0.4, 0.5) is 5.69 Å². The van der Waals surface area contributed by atoms with Gasteiger partial charge in [0.25, 0.3) is 0 Å². The maximum absolute atomic E-state index is 11.4. The molecule has 0 fully saturated rings. The number of rotatable bonds is 4. The second-order valence-corrected chi connectivity index (χ2v) is 5.07. The van der Waals surface area contributed by atoms with Crippen LogP contribution in [0.2, 0.25) is 0 Å². The van der Waals surface area contributed by atoms with Gasteiger partial charge in [0, 0.05) is 5.69 Å². The van der Waals surface area contributed by atoms with Crippen molar-refractivity contribution in [1.29, 1.82) is 0 Å². The minimum atomic E-state index is -0.200. The zero-order chi connectivity index (χ0) is 14.7. The quantitative estimate of drug-likeness (QED) is 0.863. The predicted molar refractivity (Wildman–Crippen MR) is 83.4 cm³/mol. The summed E-state index contributed by atoms with van der Waals surface area (Å²) < 4.78 is 6.06. The van der Waals surface area contributed by atoms with Gasteiger partial charge in [0.05, 0.1) is 0 Å². The molecule has 2 aromatic carbocycles. The summed E-state index contributed by atoms with van der Waals surface area (Å²) in [6.45, 7) is 3.46. The summed E-state index contributed by atoms with van der Waals surface area (Å²) in [7, 11) is 0. The van der Waals surface area contributed by atoms with Gasteiger partial charge in [0.15, 0.2) is 0 Å². The molecule has 1 atom stereocenters. The lowest BCUT2D eigenvalue weighted by Gasteiger charge is -2.15. The van der Waals surface area contributed by atoms with E-state index in [0.717, 1.165) is 29.8 Å². The SMILES string of the molecule is C=CC(=O)Nc1ccc2c(c1)C(Oc1ccccc1)CC2. The molecule has 2 aromatic rings. The van der Waals surface area contributed by atoms with E-state index >= 15 is 0 Å². The van der Waals surface area contributed by atoms with Gasteiger partial charge in [0.1, 0.15) is 11.9 Å². The molecule has 1 aliphatic carbocycles. The third kappa shape index (κ3) is 2.97. The van der Waals surface area contributed by atoms with Crippen LogP contribution in [0.25, 0.3) is 0 Å². The monoisotopic (exact) mass is 279 g/mol. The van der Waals surface area contributed by atoms with Gasteiger partial charge >= 0.3 is 0 Å². The summed E-state index contributed by atoms with van der Waals surface area (Å²) in [6.07, 6.45) is 3.28. The topological polar surface area (TPSA) is 38.3 Å². The average Bonchev–Trinajstić information content (AvgIpc) is 2.91. The summed E-state index contributed by atoms with van der Waals surface area (Å²) in [5.74, 6) is 0.671. The number of ether oxygens (including phenoxy) is 1. The van der Waals surface area contributed by atoms with Crippen molar-refractivity contribution in [2.75, 3.05) is 5.32 Å². The molecule has 1 N–H and O–H groups in total. The molecular weight excluding hydrogens is 262 g/mol. The van der Waals surface area contributed by atoms with E-state index in [1.54, 1.807) is 0 Å². The molecule has 106 valence electrons. The van der Waals surface area contributed by atoms with E-state index in [1.165, 1.54) is 11.6 Å². The molecule has 3 rings (SSSR count). The lowest BCUT2D eigenvalue weighted by Crippen LogP contribution is -2.09. The maximum Gasteiger partial charge on any atom is 0.247 e. The highest BCUT2D eigenvalue weighted by Gasteiger charge is 2.24. The van der Waals surface area contributed by atoms with Crippen molar-refractivity contribution in [2.45, 2.75) is 18.9 Å². The molecule has 0 aliphatic heterocycles. The number of anilines is 1. The van der Waals surface area contributed by atoms with Crippen molar-refractivity contribution >= 4 is 11.6 Å². The highest BCUT2D eigenvalue weighted by Crippen LogP contribution is 2.36. The second kappa shape index (κ2) is 5.83. The molecular formula is C18H17NO2. The van der Waals surface area contributed by atoms with E-state index < -0.39 is 0 Å². The Kier molecular flexibility index (Phi) is 3.73. The summed E-state index contributed by atoms with van der Waals surface area (Å²) in [4.78, 5) is 11.4. The number of carbonyl (C=O) groups excluding carboxylic acids is 1. The van der Waals surface area contributed by atoms with E-state index in [2.05, 4.69) is 18.0 Å². The first-order valence-electron chi connectivity index (χ1n) is 7.04. The number of nitrogens with one attached hydrogen (secondary N) is 1. The van der Waals surface area contributed by atoms with Crippen LogP contribution in [0, 0.1) is 0 Å². The molecule has 0 saturated carbocycles. The third-order valence-electron chi connectivity index (χ3n) is 3.64. The number of para-hydroxylation sites is 1. The van der Waals surface area contributed by atoms with Crippen molar-refractivity contribution in [3.63, 3.8) is 0 Å². The fraction of sp³-hybridized carbons (Fsp3) is 0.167. The predicted octanol–water partition coefficient (Wildman–Crippen LogP) is 3.88. The van der Waals surface area contributed by atoms with Crippen LogP contribution in [0.5, 0.6) is 5.75 Å². The Bertz CT molecular complexity index is 664. The van der Waals surface area contributed by atoms with E-state index in [1.807, 2.05) is 42.5 Å². The fourth-order valence-electron chi connectivity index (χ4n) is 2.62. The Morgan fingerprint density at radius 2 is 2.05 bits per heavy atom. The smallest absolute Gasteiger partial charge is 0.247 e. The van der Waals surface area contributed by atoms with Crippen molar-refractivity contribution in [2.24, 2.45) is 0 Å². The molecule has 1 amide bonds. The Hall–Kier alpha value is -2.55. The maximum atomic E-state index is 11.4. The summed E-state index contributed by atoms with van der Waals surface area (Å²) in [6, 6.07) is 15.8. The van der Waals surface area contributed by atoms with Gasteiger partial charge in [-0.15, -0.1) is 0 Å². The molecule has 3 heteroatoms. The molecule has 0 bridgehead atoms. The number of fused-ring (bicyclic) bond motifs is 1. The number of hydrogen-bond acceptors (Lipinski definition) is 2. The zero-order valence-electron chi connectivity index (χ0n) is 11.7. The van der Waals surface area contributed by atoms with Gasteiger partial charge in [-0.25, -0.2) is 0 Å². The number of amides is 1. The molecule has 0 saturated heterocycles. The Balaban J connectivity index is 1.81. The van der Waals surface area contributed by atoms with Crippen molar-refractivity contribution in [1.82, 2.24) is 0 Å². The van der Waals surface area contributed by atoms with E-state index in [-0.39, 0.29) is 12.0 Å². The highest BCUT2D eigenvalue weighted by molar-refractivity contribution is 5.98. The molecule has 0 aromatic heterocycles. The standard InChI is InChI=1S/C18H17NO2/c1-2-18(20)19-14-10-8-13-9-11-17(16(13)12-14)21-15-6-4-3-5-7-15/h2-8,10,12,17H,1,9,11H2,(H,19,20). The van der Waals surface area contributed by atoms with Crippen LogP contribution in [0.3, 0.4) is 0 Å². The summed E-state index contributed by atoms with van der Waals surface area (Å²) in [5.41, 5.74) is 3.22. The number of carbonyl (C=O) groups is 1. The van der Waals surface area contributed by atoms with Gasteiger partial charge in [-0.3, -0.25) is 4.79 Å². The van der Waals surface area contributed by atoms with Gasteiger partial charge in [-0.1, -0.05) is 30.8 Å². The van der Waals surface area contributed by atoms with Gasteiger partial charge in [-0.05, 0) is 54.3 Å². The summed E-state index contributed by atoms with van der Waals surface area (Å²) in [5, 5.41) is 2.79. The number of benzene rings is 2. The minimum absolute atomic E-state index is 0.0444. The van der Waals surface area contributed by atoms with Gasteiger partial charge in [-0.2, -0.15) is 0 Å². The first-order valence-corrected chi connectivity index (χ1v) is 7.04. The Morgan fingerprint density at radius 1 is 1.24 bits per heavy atom. The molecule has 3 nitrogen and oxygen atoms in total. The third-order valence-corrected chi connectivity index (χ3v) is 3.64. The van der Waals surface area contributed by atoms with E-state index in [9.17, 15) is 4.79 Å². The molecule has 1 aliphatic rings. The van der Waals surface area contributed by atoms with Crippen molar-refractivity contribution < 1.29 is 9.53 Å². The van der Waals surface area contributed by atoms with Crippen LogP contribution in [-0.2, 0) is 11.2 Å². The first-order chi connectivity index (χ1) is 10.3. The zero-order valence-corrected chi connectivity index (χ0v) is 11.7. The first kappa shape index (κ1) is 13.4. The Labute approximate surface area is 124 Å². The molecule has 1 unspecified atom stereocenters. The van der Waals surface area contributed by atoms with Crippen LogP contribution in [0.15, 0.2) is 61.2 Å². The van der Waals surface area contributed by atoms with Crippen LogP contribution in [-0.4, -0.2) is 5.91 Å². The van der Waals surface area contributed by atoms with E-state index in [0.29, 0.717) is 0 Å². The largest absolute Gasteiger partial charge is 0.486 e. The lowest BCUT2D eigenvalue weighted by molar-refractivity contribution is -0.111. The minimum Gasteiger partial charge on any atom is -0.486 e. The average molecular weight is 279 g/mol. The molecule has 21 heavy (non-hydrogen) atoms. The fourth-order valence-corrected chi connectivity index (χ4v) is 2.62. The molecule has 0 spiro atoms. The number of aryl methyl sites for hydroxylation is 1. The van der Waals surface area contributed by atoms with Gasteiger partial charge < -0.3 is 10.1 Å². The van der Waals surface area contributed by atoms with E-state index in [4.69, 9.17) is 4.74 Å². The molecule has 0 radical (unpaired) electrons. The van der Waals surface area contributed by atoms with Crippen LogP contribution in [0.1, 0.15) is 23.7 Å². The van der Waals surface area contributed by atoms with Gasteiger partial charge in [0.2, 0.25) is 5.91 Å². The van der Waals surface area contributed by atoms with Crippen LogP contribution < -0.4 is 10.1 Å². The van der Waals surface area contributed by atoms with Crippen molar-refractivity contribution in [3.8, 4) is 5.75 Å². The van der Waals surface area contributed by atoms with Crippen molar-refractivity contribution in [3.05, 3.63) is 72.3 Å². The Morgan fingerprint density at radius 3 is 2.81 bits per heavy atom.